The number of rotatable bonds is 3. The van der Waals surface area contributed by atoms with Gasteiger partial charge < -0.3 is 4.90 Å². The smallest absolute Gasteiger partial charge is 0.253 e. The highest BCUT2D eigenvalue weighted by atomic mass is 35.5. The molecule has 1 aliphatic rings. The molecule has 1 heterocycles. The zero-order chi connectivity index (χ0) is 17.1. The molecule has 3 rings (SSSR count). The number of carbonyl (C=O) groups is 1. The van der Waals surface area contributed by atoms with Gasteiger partial charge in [0.2, 0.25) is 0 Å². The minimum absolute atomic E-state index is 0.0436. The van der Waals surface area contributed by atoms with Gasteiger partial charge in [-0.3, -0.25) is 9.69 Å². The zero-order valence-corrected chi connectivity index (χ0v) is 15.3. The Morgan fingerprint density at radius 2 is 1.46 bits per heavy atom. The number of carbonyl (C=O) groups excluding carboxylic acids is 1. The van der Waals surface area contributed by atoms with E-state index in [1.54, 1.807) is 24.3 Å². The summed E-state index contributed by atoms with van der Waals surface area (Å²) in [5.74, 6) is 0.0436. The van der Waals surface area contributed by atoms with Crippen LogP contribution in [0.2, 0.25) is 15.1 Å². The molecule has 0 unspecified atom stereocenters. The number of benzene rings is 2. The van der Waals surface area contributed by atoms with Gasteiger partial charge in [0.25, 0.3) is 5.91 Å². The van der Waals surface area contributed by atoms with E-state index >= 15 is 0 Å². The summed E-state index contributed by atoms with van der Waals surface area (Å²) in [4.78, 5) is 16.6. The number of hydrogen-bond acceptors (Lipinski definition) is 2. The monoisotopic (exact) mass is 382 g/mol. The van der Waals surface area contributed by atoms with Crippen LogP contribution in [0.25, 0.3) is 0 Å². The molecule has 0 atom stereocenters. The van der Waals surface area contributed by atoms with Crippen LogP contribution in [0.4, 0.5) is 0 Å². The van der Waals surface area contributed by atoms with Crippen molar-refractivity contribution in [2.24, 2.45) is 0 Å². The Hall–Kier alpha value is -1.26. The summed E-state index contributed by atoms with van der Waals surface area (Å²) in [6, 6.07) is 12.6. The van der Waals surface area contributed by atoms with E-state index in [1.165, 1.54) is 0 Å². The van der Waals surface area contributed by atoms with Crippen LogP contribution in [0.3, 0.4) is 0 Å². The van der Waals surface area contributed by atoms with Gasteiger partial charge in [0.1, 0.15) is 0 Å². The summed E-state index contributed by atoms with van der Waals surface area (Å²) in [7, 11) is 0. The van der Waals surface area contributed by atoms with E-state index in [-0.39, 0.29) is 5.91 Å². The van der Waals surface area contributed by atoms with E-state index in [0.717, 1.165) is 18.7 Å². The fraction of sp³-hybridized carbons (Fsp3) is 0.278. The fourth-order valence-corrected chi connectivity index (χ4v) is 3.43. The lowest BCUT2D eigenvalue weighted by atomic mass is 10.1. The van der Waals surface area contributed by atoms with Crippen LogP contribution >= 0.6 is 34.8 Å². The molecule has 1 amide bonds. The first kappa shape index (κ1) is 17.6. The van der Waals surface area contributed by atoms with Crippen LogP contribution < -0.4 is 0 Å². The van der Waals surface area contributed by atoms with Gasteiger partial charge in [0.15, 0.2) is 0 Å². The van der Waals surface area contributed by atoms with Crippen LogP contribution in [-0.2, 0) is 6.54 Å². The Bertz CT molecular complexity index is 705. The molecule has 2 aromatic carbocycles. The molecule has 0 radical (unpaired) electrons. The lowest BCUT2D eigenvalue weighted by Crippen LogP contribution is -2.48. The maximum Gasteiger partial charge on any atom is 0.253 e. The average Bonchev–Trinajstić information content (AvgIpc) is 2.59. The molecule has 1 saturated heterocycles. The standard InChI is InChI=1S/C18H17Cl3N2O/c19-14-6-4-13(5-7-14)18(24)23-10-8-22(9-11-23)12-15-16(20)2-1-3-17(15)21/h1-7H,8-12H2. The number of amides is 1. The van der Waals surface area contributed by atoms with Crippen LogP contribution in [0, 0.1) is 0 Å². The highest BCUT2D eigenvalue weighted by Crippen LogP contribution is 2.26. The number of hydrogen-bond donors (Lipinski definition) is 0. The van der Waals surface area contributed by atoms with Gasteiger partial charge in [0.05, 0.1) is 0 Å². The average molecular weight is 384 g/mol. The largest absolute Gasteiger partial charge is 0.336 e. The first-order valence-electron chi connectivity index (χ1n) is 7.74. The Kier molecular flexibility index (Phi) is 5.67. The lowest BCUT2D eigenvalue weighted by molar-refractivity contribution is 0.0628. The van der Waals surface area contributed by atoms with E-state index in [4.69, 9.17) is 34.8 Å². The summed E-state index contributed by atoms with van der Waals surface area (Å²) in [6.45, 7) is 3.65. The molecule has 0 saturated carbocycles. The van der Waals surface area contributed by atoms with Crippen LogP contribution in [0.5, 0.6) is 0 Å². The first-order valence-corrected chi connectivity index (χ1v) is 8.88. The second-order valence-corrected chi connectivity index (χ2v) is 7.03. The van der Waals surface area contributed by atoms with E-state index in [0.29, 0.717) is 40.3 Å². The molecule has 0 aliphatic carbocycles. The molecule has 6 heteroatoms. The minimum atomic E-state index is 0.0436. The summed E-state index contributed by atoms with van der Waals surface area (Å²) >= 11 is 18.3. The van der Waals surface area contributed by atoms with Crippen molar-refractivity contribution >= 4 is 40.7 Å². The second kappa shape index (κ2) is 7.75. The molecule has 1 fully saturated rings. The van der Waals surface area contributed by atoms with E-state index in [1.807, 2.05) is 23.1 Å². The summed E-state index contributed by atoms with van der Waals surface area (Å²) < 4.78 is 0. The van der Waals surface area contributed by atoms with Crippen molar-refractivity contribution in [3.8, 4) is 0 Å². The number of piperazine rings is 1. The number of halogens is 3. The van der Waals surface area contributed by atoms with Crippen molar-refractivity contribution in [3.63, 3.8) is 0 Å². The van der Waals surface area contributed by atoms with Gasteiger partial charge in [-0.15, -0.1) is 0 Å². The van der Waals surface area contributed by atoms with Crippen molar-refractivity contribution in [3.05, 3.63) is 68.7 Å². The second-order valence-electron chi connectivity index (χ2n) is 5.78. The van der Waals surface area contributed by atoms with Crippen molar-refractivity contribution in [1.82, 2.24) is 9.80 Å². The molecular weight excluding hydrogens is 367 g/mol. The van der Waals surface area contributed by atoms with Crippen LogP contribution in [0.15, 0.2) is 42.5 Å². The molecule has 0 spiro atoms. The summed E-state index contributed by atoms with van der Waals surface area (Å²) in [5, 5.41) is 2.00. The quantitative estimate of drug-likeness (QED) is 0.773. The van der Waals surface area contributed by atoms with Gasteiger partial charge in [0, 0.05) is 58.9 Å². The van der Waals surface area contributed by atoms with E-state index in [9.17, 15) is 4.79 Å². The van der Waals surface area contributed by atoms with Gasteiger partial charge in [-0.05, 0) is 36.4 Å². The maximum absolute atomic E-state index is 12.5. The third-order valence-electron chi connectivity index (χ3n) is 4.19. The molecule has 2 aromatic rings. The molecule has 3 nitrogen and oxygen atoms in total. The lowest BCUT2D eigenvalue weighted by Gasteiger charge is -2.35. The van der Waals surface area contributed by atoms with E-state index < -0.39 is 0 Å². The van der Waals surface area contributed by atoms with Crippen molar-refractivity contribution in [1.29, 1.82) is 0 Å². The molecular formula is C18H17Cl3N2O. The number of nitrogens with zero attached hydrogens (tertiary/aromatic N) is 2. The summed E-state index contributed by atoms with van der Waals surface area (Å²) in [6.07, 6.45) is 0. The zero-order valence-electron chi connectivity index (χ0n) is 13.0. The third kappa shape index (κ3) is 4.04. The first-order chi connectivity index (χ1) is 11.5. The highest BCUT2D eigenvalue weighted by molar-refractivity contribution is 6.36. The Morgan fingerprint density at radius 3 is 2.04 bits per heavy atom. The minimum Gasteiger partial charge on any atom is -0.336 e. The predicted molar refractivity (Wildman–Crippen MR) is 99.1 cm³/mol. The Morgan fingerprint density at radius 1 is 0.875 bits per heavy atom. The van der Waals surface area contributed by atoms with Crippen molar-refractivity contribution in [2.45, 2.75) is 6.54 Å². The third-order valence-corrected chi connectivity index (χ3v) is 5.15. The van der Waals surface area contributed by atoms with Gasteiger partial charge in [-0.25, -0.2) is 0 Å². The molecule has 24 heavy (non-hydrogen) atoms. The molecule has 126 valence electrons. The van der Waals surface area contributed by atoms with Gasteiger partial charge in [-0.2, -0.15) is 0 Å². The van der Waals surface area contributed by atoms with Crippen molar-refractivity contribution < 1.29 is 4.79 Å². The fourth-order valence-electron chi connectivity index (χ4n) is 2.79. The summed E-state index contributed by atoms with van der Waals surface area (Å²) in [5.41, 5.74) is 1.61. The molecule has 0 bridgehead atoms. The highest BCUT2D eigenvalue weighted by Gasteiger charge is 2.23. The van der Waals surface area contributed by atoms with Crippen LogP contribution in [0.1, 0.15) is 15.9 Å². The maximum atomic E-state index is 12.5. The SMILES string of the molecule is O=C(c1ccc(Cl)cc1)N1CCN(Cc2c(Cl)cccc2Cl)CC1. The van der Waals surface area contributed by atoms with E-state index in [2.05, 4.69) is 4.90 Å². The van der Waals surface area contributed by atoms with Crippen LogP contribution in [-0.4, -0.2) is 41.9 Å². The van der Waals surface area contributed by atoms with Gasteiger partial charge in [-0.1, -0.05) is 40.9 Å². The Labute approximate surface area is 156 Å². The Balaban J connectivity index is 1.59. The molecule has 0 aromatic heterocycles. The predicted octanol–water partition coefficient (Wildman–Crippen LogP) is 4.60. The topological polar surface area (TPSA) is 23.6 Å². The molecule has 0 N–H and O–H groups in total. The van der Waals surface area contributed by atoms with Crippen molar-refractivity contribution in [2.75, 3.05) is 26.2 Å². The normalized spacial score (nSPS) is 15.5. The van der Waals surface area contributed by atoms with Gasteiger partial charge >= 0.3 is 0 Å². The molecule has 1 aliphatic heterocycles.